The standard InChI is InChI=1S/C15H28N2O3/c18-14(17-9-11-20-12-10-17)5-8-16-13-15(19)6-3-1-2-4-7-15/h16,19H,1-13H2. The van der Waals surface area contributed by atoms with Crippen LogP contribution < -0.4 is 5.32 Å². The predicted molar refractivity (Wildman–Crippen MR) is 77.5 cm³/mol. The van der Waals surface area contributed by atoms with Crippen LogP contribution >= 0.6 is 0 Å². The summed E-state index contributed by atoms with van der Waals surface area (Å²) < 4.78 is 5.24. The van der Waals surface area contributed by atoms with E-state index in [0.717, 1.165) is 25.7 Å². The molecule has 1 saturated carbocycles. The number of carbonyl (C=O) groups is 1. The SMILES string of the molecule is O=C(CCNCC1(O)CCCCCC1)N1CCOCC1. The van der Waals surface area contributed by atoms with E-state index < -0.39 is 5.60 Å². The minimum Gasteiger partial charge on any atom is -0.389 e. The molecule has 5 heteroatoms. The lowest BCUT2D eigenvalue weighted by molar-refractivity contribution is -0.135. The first-order valence-corrected chi connectivity index (χ1v) is 7.98. The molecule has 0 atom stereocenters. The van der Waals surface area contributed by atoms with Crippen molar-refractivity contribution >= 4 is 5.91 Å². The third-order valence-electron chi connectivity index (χ3n) is 4.37. The van der Waals surface area contributed by atoms with E-state index in [2.05, 4.69) is 5.32 Å². The number of hydrogen-bond donors (Lipinski definition) is 2. The fourth-order valence-corrected chi connectivity index (χ4v) is 3.05. The summed E-state index contributed by atoms with van der Waals surface area (Å²) in [6, 6.07) is 0. The molecule has 0 unspecified atom stereocenters. The van der Waals surface area contributed by atoms with Crippen molar-refractivity contribution in [3.63, 3.8) is 0 Å². The number of nitrogens with zero attached hydrogens (tertiary/aromatic N) is 1. The van der Waals surface area contributed by atoms with Crippen molar-refractivity contribution in [2.75, 3.05) is 39.4 Å². The van der Waals surface area contributed by atoms with Gasteiger partial charge < -0.3 is 20.1 Å². The van der Waals surface area contributed by atoms with Crippen LogP contribution in [0.3, 0.4) is 0 Å². The summed E-state index contributed by atoms with van der Waals surface area (Å²) in [6.45, 7) is 3.99. The molecule has 0 aromatic rings. The molecule has 2 N–H and O–H groups in total. The Bertz CT molecular complexity index is 295. The van der Waals surface area contributed by atoms with Gasteiger partial charge in [-0.15, -0.1) is 0 Å². The number of hydrogen-bond acceptors (Lipinski definition) is 4. The molecule has 0 radical (unpaired) electrons. The van der Waals surface area contributed by atoms with Gasteiger partial charge in [0.05, 0.1) is 18.8 Å². The molecule has 1 aliphatic heterocycles. The molecule has 0 bridgehead atoms. The van der Waals surface area contributed by atoms with Crippen LogP contribution in [-0.4, -0.2) is 60.9 Å². The fourth-order valence-electron chi connectivity index (χ4n) is 3.05. The van der Waals surface area contributed by atoms with Crippen LogP contribution in [0.25, 0.3) is 0 Å². The molecule has 1 amide bonds. The molecule has 0 aromatic heterocycles. The Balaban J connectivity index is 1.61. The Kier molecular flexibility index (Phi) is 6.26. The first-order chi connectivity index (χ1) is 9.70. The summed E-state index contributed by atoms with van der Waals surface area (Å²) in [5.41, 5.74) is -0.557. The zero-order valence-corrected chi connectivity index (χ0v) is 12.4. The van der Waals surface area contributed by atoms with Crippen LogP contribution in [0, 0.1) is 0 Å². The highest BCUT2D eigenvalue weighted by Gasteiger charge is 2.27. The summed E-state index contributed by atoms with van der Waals surface area (Å²) in [7, 11) is 0. The van der Waals surface area contributed by atoms with Gasteiger partial charge in [-0.05, 0) is 12.8 Å². The van der Waals surface area contributed by atoms with Crippen LogP contribution in [0.4, 0.5) is 0 Å². The summed E-state index contributed by atoms with van der Waals surface area (Å²) in [4.78, 5) is 13.8. The van der Waals surface area contributed by atoms with Gasteiger partial charge in [-0.2, -0.15) is 0 Å². The second-order valence-corrected chi connectivity index (χ2v) is 6.06. The van der Waals surface area contributed by atoms with E-state index in [9.17, 15) is 9.90 Å². The van der Waals surface area contributed by atoms with Gasteiger partial charge in [0.1, 0.15) is 0 Å². The summed E-state index contributed by atoms with van der Waals surface area (Å²) in [5, 5.41) is 13.8. The molecular formula is C15H28N2O3. The highest BCUT2D eigenvalue weighted by atomic mass is 16.5. The minimum absolute atomic E-state index is 0.189. The molecule has 0 aromatic carbocycles. The fraction of sp³-hybridized carbons (Fsp3) is 0.933. The van der Waals surface area contributed by atoms with Gasteiger partial charge in [-0.3, -0.25) is 4.79 Å². The number of rotatable bonds is 5. The van der Waals surface area contributed by atoms with Gasteiger partial charge in [0.25, 0.3) is 0 Å². The van der Waals surface area contributed by atoms with E-state index in [0.29, 0.717) is 45.8 Å². The van der Waals surface area contributed by atoms with Gasteiger partial charge in [-0.1, -0.05) is 25.7 Å². The van der Waals surface area contributed by atoms with Crippen LogP contribution in [0.5, 0.6) is 0 Å². The third kappa shape index (κ3) is 5.04. The number of nitrogens with one attached hydrogen (secondary N) is 1. The molecular weight excluding hydrogens is 256 g/mol. The summed E-state index contributed by atoms with van der Waals surface area (Å²) in [6.07, 6.45) is 6.98. The van der Waals surface area contributed by atoms with Gasteiger partial charge in [0.2, 0.25) is 5.91 Å². The van der Waals surface area contributed by atoms with Crippen molar-refractivity contribution in [2.45, 2.75) is 50.5 Å². The molecule has 20 heavy (non-hydrogen) atoms. The lowest BCUT2D eigenvalue weighted by Crippen LogP contribution is -2.43. The van der Waals surface area contributed by atoms with Crippen molar-refractivity contribution in [3.05, 3.63) is 0 Å². The van der Waals surface area contributed by atoms with E-state index in [1.807, 2.05) is 4.90 Å². The topological polar surface area (TPSA) is 61.8 Å². The molecule has 1 heterocycles. The molecule has 5 nitrogen and oxygen atoms in total. The minimum atomic E-state index is -0.557. The van der Waals surface area contributed by atoms with Crippen molar-refractivity contribution in [1.82, 2.24) is 10.2 Å². The second-order valence-electron chi connectivity index (χ2n) is 6.06. The first-order valence-electron chi connectivity index (χ1n) is 7.98. The zero-order chi connectivity index (χ0) is 14.3. The average molecular weight is 284 g/mol. The molecule has 2 fully saturated rings. The third-order valence-corrected chi connectivity index (χ3v) is 4.37. The number of carbonyl (C=O) groups excluding carboxylic acids is 1. The van der Waals surface area contributed by atoms with E-state index in [1.54, 1.807) is 0 Å². The Hall–Kier alpha value is -0.650. The maximum Gasteiger partial charge on any atom is 0.224 e. The summed E-state index contributed by atoms with van der Waals surface area (Å²) >= 11 is 0. The van der Waals surface area contributed by atoms with Gasteiger partial charge in [0, 0.05) is 32.6 Å². The monoisotopic (exact) mass is 284 g/mol. The van der Waals surface area contributed by atoms with Crippen LogP contribution in [0.15, 0.2) is 0 Å². The summed E-state index contributed by atoms with van der Waals surface area (Å²) in [5.74, 6) is 0.189. The van der Waals surface area contributed by atoms with Crippen molar-refractivity contribution in [2.24, 2.45) is 0 Å². The van der Waals surface area contributed by atoms with Crippen molar-refractivity contribution < 1.29 is 14.6 Å². The number of aliphatic hydroxyl groups is 1. The Morgan fingerprint density at radius 3 is 2.45 bits per heavy atom. The quantitative estimate of drug-likeness (QED) is 0.582. The molecule has 1 saturated heterocycles. The smallest absolute Gasteiger partial charge is 0.224 e. The van der Waals surface area contributed by atoms with Gasteiger partial charge in [-0.25, -0.2) is 0 Å². The first kappa shape index (κ1) is 15.7. The van der Waals surface area contributed by atoms with E-state index >= 15 is 0 Å². The highest BCUT2D eigenvalue weighted by molar-refractivity contribution is 5.76. The number of ether oxygens (including phenoxy) is 1. The number of amides is 1. The maximum absolute atomic E-state index is 12.0. The van der Waals surface area contributed by atoms with Crippen LogP contribution in [0.1, 0.15) is 44.9 Å². The van der Waals surface area contributed by atoms with Crippen molar-refractivity contribution in [3.8, 4) is 0 Å². The normalized spacial score (nSPS) is 23.4. The molecule has 2 aliphatic rings. The maximum atomic E-state index is 12.0. The Morgan fingerprint density at radius 1 is 1.15 bits per heavy atom. The molecule has 116 valence electrons. The van der Waals surface area contributed by atoms with Gasteiger partial charge in [0.15, 0.2) is 0 Å². The molecule has 1 aliphatic carbocycles. The second kappa shape index (κ2) is 7.96. The molecule has 0 spiro atoms. The van der Waals surface area contributed by atoms with Gasteiger partial charge >= 0.3 is 0 Å². The lowest BCUT2D eigenvalue weighted by Gasteiger charge is -2.28. The Labute approximate surface area is 121 Å². The lowest BCUT2D eigenvalue weighted by atomic mass is 9.94. The van der Waals surface area contributed by atoms with Crippen LogP contribution in [-0.2, 0) is 9.53 Å². The zero-order valence-electron chi connectivity index (χ0n) is 12.4. The average Bonchev–Trinajstić information content (AvgIpc) is 2.69. The largest absolute Gasteiger partial charge is 0.389 e. The van der Waals surface area contributed by atoms with E-state index in [1.165, 1.54) is 12.8 Å². The van der Waals surface area contributed by atoms with Crippen molar-refractivity contribution in [1.29, 1.82) is 0 Å². The van der Waals surface area contributed by atoms with Crippen LogP contribution in [0.2, 0.25) is 0 Å². The predicted octanol–water partition coefficient (Wildman–Crippen LogP) is 0.910. The Morgan fingerprint density at radius 2 is 1.80 bits per heavy atom. The molecule has 2 rings (SSSR count). The highest BCUT2D eigenvalue weighted by Crippen LogP contribution is 2.26. The number of morpholine rings is 1. The van der Waals surface area contributed by atoms with E-state index in [-0.39, 0.29) is 5.91 Å². The van der Waals surface area contributed by atoms with E-state index in [4.69, 9.17) is 4.74 Å².